The molecule has 6 heteroatoms. The van der Waals surface area contributed by atoms with Crippen molar-refractivity contribution in [3.63, 3.8) is 0 Å². The third kappa shape index (κ3) is 3.84. The summed E-state index contributed by atoms with van der Waals surface area (Å²) in [6, 6.07) is 3.41. The number of rotatable bonds is 2. The van der Waals surface area contributed by atoms with Crippen LogP contribution in [0.4, 0.5) is 0 Å². The summed E-state index contributed by atoms with van der Waals surface area (Å²) in [5, 5.41) is 6.72. The van der Waals surface area contributed by atoms with Crippen molar-refractivity contribution in [2.75, 3.05) is 0 Å². The number of nitrogens with zero attached hydrogens (tertiary/aromatic N) is 1. The quantitative estimate of drug-likeness (QED) is 0.879. The molecule has 2 aliphatic heterocycles. The van der Waals surface area contributed by atoms with Crippen LogP contribution in [0.15, 0.2) is 18.5 Å². The first-order valence-corrected chi connectivity index (χ1v) is 6.69. The summed E-state index contributed by atoms with van der Waals surface area (Å²) in [7, 11) is 0. The molecule has 2 saturated heterocycles. The zero-order valence-electron chi connectivity index (χ0n) is 11.5. The maximum Gasteiger partial charge on any atom is 0.253 e. The summed E-state index contributed by atoms with van der Waals surface area (Å²) >= 11 is 0. The van der Waals surface area contributed by atoms with Crippen molar-refractivity contribution in [3.8, 4) is 0 Å². The molecule has 3 heterocycles. The van der Waals surface area contributed by atoms with Gasteiger partial charge >= 0.3 is 0 Å². The largest absolute Gasteiger partial charge is 0.349 e. The number of carbonyl (C=O) groups excluding carboxylic acids is 1. The lowest BCUT2D eigenvalue weighted by Crippen LogP contribution is -2.48. The van der Waals surface area contributed by atoms with E-state index in [0.717, 1.165) is 18.4 Å². The number of aryl methyl sites for hydroxylation is 1. The smallest absolute Gasteiger partial charge is 0.253 e. The average Bonchev–Trinajstić information content (AvgIpc) is 2.69. The monoisotopic (exact) mass is 317 g/mol. The first-order chi connectivity index (χ1) is 8.70. The SMILES string of the molecule is Cc1cncc(C(=O)NC2CC3CCC(C2)N3)c1.Cl.Cl. The Bertz CT molecular complexity index is 457. The Balaban J connectivity index is 0.000001000. The van der Waals surface area contributed by atoms with Gasteiger partial charge in [0.2, 0.25) is 0 Å². The molecule has 2 atom stereocenters. The molecule has 2 unspecified atom stereocenters. The lowest BCUT2D eigenvalue weighted by molar-refractivity contribution is 0.0923. The fourth-order valence-corrected chi connectivity index (χ4v) is 3.12. The van der Waals surface area contributed by atoms with E-state index in [0.29, 0.717) is 23.7 Å². The number of amides is 1. The van der Waals surface area contributed by atoms with E-state index < -0.39 is 0 Å². The molecule has 0 spiro atoms. The normalized spacial score (nSPS) is 27.1. The summed E-state index contributed by atoms with van der Waals surface area (Å²) < 4.78 is 0. The van der Waals surface area contributed by atoms with Gasteiger partial charge in [-0.05, 0) is 44.2 Å². The molecule has 0 aliphatic carbocycles. The van der Waals surface area contributed by atoms with E-state index in [9.17, 15) is 4.79 Å². The van der Waals surface area contributed by atoms with Gasteiger partial charge in [-0.15, -0.1) is 24.8 Å². The van der Waals surface area contributed by atoms with Crippen LogP contribution in [0.5, 0.6) is 0 Å². The first kappa shape index (κ1) is 17.2. The van der Waals surface area contributed by atoms with E-state index in [4.69, 9.17) is 0 Å². The Morgan fingerprint density at radius 3 is 2.50 bits per heavy atom. The predicted octanol–water partition coefficient (Wildman–Crippen LogP) is 2.25. The topological polar surface area (TPSA) is 54.0 Å². The molecule has 2 N–H and O–H groups in total. The number of aromatic nitrogens is 1. The van der Waals surface area contributed by atoms with Crippen LogP contribution in [-0.4, -0.2) is 29.0 Å². The van der Waals surface area contributed by atoms with E-state index in [1.165, 1.54) is 12.8 Å². The molecule has 3 rings (SSSR count). The number of pyridine rings is 1. The van der Waals surface area contributed by atoms with Crippen molar-refractivity contribution in [2.45, 2.75) is 50.7 Å². The van der Waals surface area contributed by atoms with Crippen molar-refractivity contribution in [1.29, 1.82) is 0 Å². The van der Waals surface area contributed by atoms with Crippen molar-refractivity contribution in [1.82, 2.24) is 15.6 Å². The highest BCUT2D eigenvalue weighted by Crippen LogP contribution is 2.26. The van der Waals surface area contributed by atoms with Gasteiger partial charge in [-0.25, -0.2) is 0 Å². The highest BCUT2D eigenvalue weighted by molar-refractivity contribution is 5.94. The highest BCUT2D eigenvalue weighted by Gasteiger charge is 2.34. The molecule has 1 amide bonds. The lowest BCUT2D eigenvalue weighted by atomic mass is 9.99. The second kappa shape index (κ2) is 7.25. The fraction of sp³-hybridized carbons (Fsp3) is 0.571. The molecule has 2 aliphatic rings. The summed E-state index contributed by atoms with van der Waals surface area (Å²) in [6.45, 7) is 1.95. The van der Waals surface area contributed by atoms with Crippen LogP contribution in [0, 0.1) is 6.92 Å². The summed E-state index contributed by atoms with van der Waals surface area (Å²) in [5.74, 6) is 0.0116. The molecule has 2 bridgehead atoms. The van der Waals surface area contributed by atoms with Gasteiger partial charge in [-0.1, -0.05) is 0 Å². The summed E-state index contributed by atoms with van der Waals surface area (Å²) in [5.41, 5.74) is 1.69. The number of fused-ring (bicyclic) bond motifs is 2. The third-order valence-electron chi connectivity index (χ3n) is 3.95. The minimum absolute atomic E-state index is 0. The molecule has 112 valence electrons. The zero-order valence-corrected chi connectivity index (χ0v) is 13.1. The van der Waals surface area contributed by atoms with Gasteiger partial charge in [0.15, 0.2) is 0 Å². The van der Waals surface area contributed by atoms with Gasteiger partial charge in [0.25, 0.3) is 5.91 Å². The minimum atomic E-state index is 0. The van der Waals surface area contributed by atoms with Gasteiger partial charge in [0.05, 0.1) is 5.56 Å². The Morgan fingerprint density at radius 2 is 1.90 bits per heavy atom. The number of piperidine rings is 1. The van der Waals surface area contributed by atoms with E-state index in [-0.39, 0.29) is 30.7 Å². The Labute approximate surface area is 131 Å². The maximum atomic E-state index is 12.1. The van der Waals surface area contributed by atoms with Gasteiger partial charge in [-0.2, -0.15) is 0 Å². The lowest BCUT2D eigenvalue weighted by Gasteiger charge is -2.29. The maximum absolute atomic E-state index is 12.1. The van der Waals surface area contributed by atoms with Gasteiger partial charge in [0.1, 0.15) is 0 Å². The molecular formula is C14H21Cl2N3O. The summed E-state index contributed by atoms with van der Waals surface area (Å²) in [4.78, 5) is 16.2. The fourth-order valence-electron chi connectivity index (χ4n) is 3.12. The molecule has 1 aromatic heterocycles. The molecule has 0 aromatic carbocycles. The van der Waals surface area contributed by atoms with Crippen LogP contribution in [-0.2, 0) is 0 Å². The molecule has 4 nitrogen and oxygen atoms in total. The minimum Gasteiger partial charge on any atom is -0.349 e. The molecule has 0 saturated carbocycles. The summed E-state index contributed by atoms with van der Waals surface area (Å²) in [6.07, 6.45) is 8.02. The third-order valence-corrected chi connectivity index (χ3v) is 3.95. The standard InChI is InChI=1S/C14H19N3O.2ClH/c1-9-4-10(8-15-7-9)14(18)17-13-5-11-2-3-12(6-13)16-11;;/h4,7-8,11-13,16H,2-3,5-6H2,1H3,(H,17,18);2*1H. The van der Waals surface area contributed by atoms with Crippen LogP contribution < -0.4 is 10.6 Å². The van der Waals surface area contributed by atoms with Crippen LogP contribution in [0.1, 0.15) is 41.6 Å². The van der Waals surface area contributed by atoms with Crippen molar-refractivity contribution >= 4 is 30.7 Å². The van der Waals surface area contributed by atoms with Crippen molar-refractivity contribution in [3.05, 3.63) is 29.6 Å². The van der Waals surface area contributed by atoms with Gasteiger partial charge in [0, 0.05) is 30.5 Å². The van der Waals surface area contributed by atoms with Crippen LogP contribution in [0.3, 0.4) is 0 Å². The van der Waals surface area contributed by atoms with Crippen LogP contribution >= 0.6 is 24.8 Å². The number of carbonyl (C=O) groups is 1. The van der Waals surface area contributed by atoms with Crippen LogP contribution in [0.25, 0.3) is 0 Å². The van der Waals surface area contributed by atoms with E-state index in [1.54, 1.807) is 12.4 Å². The van der Waals surface area contributed by atoms with Crippen molar-refractivity contribution in [2.24, 2.45) is 0 Å². The number of hydrogen-bond acceptors (Lipinski definition) is 3. The van der Waals surface area contributed by atoms with Gasteiger partial charge in [-0.3, -0.25) is 9.78 Å². The van der Waals surface area contributed by atoms with E-state index in [1.807, 2.05) is 13.0 Å². The molecule has 20 heavy (non-hydrogen) atoms. The Kier molecular flexibility index (Phi) is 6.24. The molecule has 1 aromatic rings. The first-order valence-electron chi connectivity index (χ1n) is 6.69. The van der Waals surface area contributed by atoms with E-state index >= 15 is 0 Å². The second-order valence-corrected chi connectivity index (χ2v) is 5.53. The molecular weight excluding hydrogens is 297 g/mol. The van der Waals surface area contributed by atoms with Crippen LogP contribution in [0.2, 0.25) is 0 Å². The second-order valence-electron chi connectivity index (χ2n) is 5.53. The zero-order chi connectivity index (χ0) is 12.5. The molecule has 2 fully saturated rings. The Morgan fingerprint density at radius 1 is 1.25 bits per heavy atom. The highest BCUT2D eigenvalue weighted by atomic mass is 35.5. The van der Waals surface area contributed by atoms with E-state index in [2.05, 4.69) is 15.6 Å². The number of hydrogen-bond donors (Lipinski definition) is 2. The average molecular weight is 318 g/mol. The number of halogens is 2. The molecule has 0 radical (unpaired) electrons. The Hall–Kier alpha value is -0.840. The number of nitrogens with one attached hydrogen (secondary N) is 2. The van der Waals surface area contributed by atoms with Crippen molar-refractivity contribution < 1.29 is 4.79 Å². The van der Waals surface area contributed by atoms with Gasteiger partial charge < -0.3 is 10.6 Å². The predicted molar refractivity (Wildman–Crippen MR) is 83.9 cm³/mol.